The van der Waals surface area contributed by atoms with Gasteiger partial charge in [-0.15, -0.1) is 0 Å². The molecule has 3 rings (SSSR count). The number of amides is 1. The maximum Gasteiger partial charge on any atom is 2.00 e. The van der Waals surface area contributed by atoms with Crippen molar-refractivity contribution in [1.29, 1.82) is 0 Å². The fourth-order valence-corrected chi connectivity index (χ4v) is 2.62. The second-order valence-corrected chi connectivity index (χ2v) is 5.75. The molecule has 1 heterocycles. The number of hydrogen-bond donors (Lipinski definition) is 0. The Bertz CT molecular complexity index is 628. The van der Waals surface area contributed by atoms with Crippen molar-refractivity contribution in [2.24, 2.45) is 5.92 Å². The van der Waals surface area contributed by atoms with Gasteiger partial charge in [0.15, 0.2) is 5.91 Å². The molecule has 0 bridgehead atoms. The summed E-state index contributed by atoms with van der Waals surface area (Å²) in [6.45, 7) is 3.62. The van der Waals surface area contributed by atoms with Gasteiger partial charge >= 0.3 is 19.5 Å². The van der Waals surface area contributed by atoms with E-state index in [9.17, 15) is 4.79 Å². The Morgan fingerprint density at radius 3 is 2.43 bits per heavy atom. The third-order valence-electron chi connectivity index (χ3n) is 3.83. The van der Waals surface area contributed by atoms with Crippen LogP contribution in [0.25, 0.3) is 0 Å². The van der Waals surface area contributed by atoms with Gasteiger partial charge in [0.25, 0.3) is 0 Å². The second kappa shape index (κ2) is 8.26. The Morgan fingerprint density at radius 1 is 1.09 bits per heavy atom. The van der Waals surface area contributed by atoms with Gasteiger partial charge in [0.2, 0.25) is 0 Å². The molecule has 121 valence electrons. The van der Waals surface area contributed by atoms with Crippen LogP contribution in [-0.4, -0.2) is 17.4 Å². The molecule has 1 aliphatic heterocycles. The first kappa shape index (κ1) is 17.7. The SMILES string of the molecule is CC1[CH-]CC(=O)N(Cc2ccc(Oc3ccccc3)cc2)C1.[Rh+2]. The minimum atomic E-state index is 0. The Labute approximate surface area is 150 Å². The summed E-state index contributed by atoms with van der Waals surface area (Å²) in [4.78, 5) is 13.9. The maximum absolute atomic E-state index is 11.9. The van der Waals surface area contributed by atoms with Crippen LogP contribution < -0.4 is 4.74 Å². The summed E-state index contributed by atoms with van der Waals surface area (Å²) < 4.78 is 5.78. The average Bonchev–Trinajstić information content (AvgIpc) is 2.54. The van der Waals surface area contributed by atoms with Crippen molar-refractivity contribution < 1.29 is 29.0 Å². The first-order chi connectivity index (χ1) is 10.7. The predicted molar refractivity (Wildman–Crippen MR) is 86.5 cm³/mol. The molecule has 0 saturated carbocycles. The van der Waals surface area contributed by atoms with E-state index in [1.54, 1.807) is 0 Å². The molecule has 23 heavy (non-hydrogen) atoms. The molecule has 0 spiro atoms. The van der Waals surface area contributed by atoms with Crippen LogP contribution in [0.5, 0.6) is 11.5 Å². The van der Waals surface area contributed by atoms with E-state index < -0.39 is 0 Å². The van der Waals surface area contributed by atoms with E-state index in [-0.39, 0.29) is 25.4 Å². The molecule has 1 fully saturated rings. The van der Waals surface area contributed by atoms with Crippen molar-refractivity contribution in [3.05, 3.63) is 66.6 Å². The van der Waals surface area contributed by atoms with Crippen molar-refractivity contribution in [1.82, 2.24) is 4.90 Å². The number of carbonyl (C=O) groups is 1. The third-order valence-corrected chi connectivity index (χ3v) is 3.83. The zero-order valence-corrected chi connectivity index (χ0v) is 14.7. The number of para-hydroxylation sites is 1. The van der Waals surface area contributed by atoms with Gasteiger partial charge in [-0.3, -0.25) is 4.79 Å². The van der Waals surface area contributed by atoms with Crippen LogP contribution in [0.3, 0.4) is 0 Å². The summed E-state index contributed by atoms with van der Waals surface area (Å²) in [7, 11) is 0. The Hall–Kier alpha value is -1.67. The van der Waals surface area contributed by atoms with E-state index in [0.29, 0.717) is 18.9 Å². The van der Waals surface area contributed by atoms with Gasteiger partial charge in [-0.2, -0.15) is 5.92 Å². The molecule has 1 radical (unpaired) electrons. The zero-order chi connectivity index (χ0) is 15.4. The molecule has 3 nitrogen and oxygen atoms in total. The molecule has 1 aliphatic rings. The molecule has 1 unspecified atom stereocenters. The Kier molecular flexibility index (Phi) is 6.35. The molecule has 0 aromatic heterocycles. The van der Waals surface area contributed by atoms with Crippen LogP contribution in [0.15, 0.2) is 54.6 Å². The molecule has 1 saturated heterocycles. The van der Waals surface area contributed by atoms with E-state index >= 15 is 0 Å². The summed E-state index contributed by atoms with van der Waals surface area (Å²) in [5.41, 5.74) is 1.13. The topological polar surface area (TPSA) is 29.5 Å². The van der Waals surface area contributed by atoms with Gasteiger partial charge < -0.3 is 16.1 Å². The number of carbonyl (C=O) groups excluding carboxylic acids is 1. The molecule has 4 heteroatoms. The van der Waals surface area contributed by atoms with Crippen LogP contribution >= 0.6 is 0 Å². The first-order valence-corrected chi connectivity index (χ1v) is 7.63. The van der Waals surface area contributed by atoms with Crippen LogP contribution in [0.2, 0.25) is 0 Å². The summed E-state index contributed by atoms with van der Waals surface area (Å²) >= 11 is 0. The number of rotatable bonds is 4. The number of likely N-dealkylation sites (tertiary alicyclic amines) is 1. The zero-order valence-electron chi connectivity index (χ0n) is 13.1. The van der Waals surface area contributed by atoms with Crippen LogP contribution in [0, 0.1) is 12.3 Å². The van der Waals surface area contributed by atoms with Crippen molar-refractivity contribution >= 4 is 5.91 Å². The molecular weight excluding hydrogens is 377 g/mol. The van der Waals surface area contributed by atoms with Gasteiger partial charge in [0.05, 0.1) is 0 Å². The van der Waals surface area contributed by atoms with Crippen molar-refractivity contribution in [2.45, 2.75) is 19.9 Å². The number of nitrogens with zero attached hydrogens (tertiary/aromatic N) is 1. The molecule has 1 amide bonds. The van der Waals surface area contributed by atoms with Crippen molar-refractivity contribution in [3.63, 3.8) is 0 Å². The van der Waals surface area contributed by atoms with Crippen LogP contribution in [0.4, 0.5) is 0 Å². The number of ether oxygens (including phenoxy) is 1. The maximum atomic E-state index is 11.9. The van der Waals surface area contributed by atoms with Crippen molar-refractivity contribution in [3.8, 4) is 11.5 Å². The molecule has 0 N–H and O–H groups in total. The summed E-state index contributed by atoms with van der Waals surface area (Å²) in [5, 5.41) is 0. The predicted octanol–water partition coefficient (Wildman–Crippen LogP) is 4.05. The fourth-order valence-electron chi connectivity index (χ4n) is 2.62. The Balaban J connectivity index is 0.00000192. The minimum Gasteiger partial charge on any atom is -0.457 e. The summed E-state index contributed by atoms with van der Waals surface area (Å²) in [6.07, 6.45) is 2.64. The van der Waals surface area contributed by atoms with E-state index in [2.05, 4.69) is 13.3 Å². The average molecular weight is 397 g/mol. The Morgan fingerprint density at radius 2 is 1.74 bits per heavy atom. The van der Waals surface area contributed by atoms with E-state index in [1.807, 2.05) is 59.5 Å². The van der Waals surface area contributed by atoms with Gasteiger partial charge in [0.1, 0.15) is 11.5 Å². The van der Waals surface area contributed by atoms with E-state index in [0.717, 1.165) is 23.6 Å². The largest absolute Gasteiger partial charge is 2.00 e. The monoisotopic (exact) mass is 397 g/mol. The number of piperidine rings is 1. The van der Waals surface area contributed by atoms with Gasteiger partial charge in [-0.05, 0) is 36.4 Å². The summed E-state index contributed by atoms with van der Waals surface area (Å²) in [6, 6.07) is 17.7. The van der Waals surface area contributed by atoms with Crippen molar-refractivity contribution in [2.75, 3.05) is 6.54 Å². The van der Waals surface area contributed by atoms with Crippen LogP contribution in [0.1, 0.15) is 18.9 Å². The number of hydrogen-bond acceptors (Lipinski definition) is 2. The van der Waals surface area contributed by atoms with Gasteiger partial charge in [0, 0.05) is 6.54 Å². The van der Waals surface area contributed by atoms with Gasteiger partial charge in [-0.25, -0.2) is 0 Å². The van der Waals surface area contributed by atoms with Gasteiger partial charge in [-0.1, -0.05) is 43.7 Å². The van der Waals surface area contributed by atoms with E-state index in [1.165, 1.54) is 0 Å². The first-order valence-electron chi connectivity index (χ1n) is 7.63. The van der Waals surface area contributed by atoms with E-state index in [4.69, 9.17) is 4.74 Å². The normalized spacial score (nSPS) is 17.5. The molecule has 0 aliphatic carbocycles. The molecule has 2 aromatic carbocycles. The standard InChI is InChI=1S/C19H20NO2.Rh/c1-15-7-12-19(21)20(13-15)14-16-8-10-18(11-9-16)22-17-5-3-2-4-6-17;/h2-11,15H,12-14H2,1H3;/q-1;+2. The second-order valence-electron chi connectivity index (χ2n) is 5.75. The number of benzene rings is 2. The molecule has 1 atom stereocenters. The van der Waals surface area contributed by atoms with Crippen LogP contribution in [-0.2, 0) is 30.8 Å². The molecule has 2 aromatic rings. The summed E-state index contributed by atoms with van der Waals surface area (Å²) in [5.74, 6) is 2.31. The molecular formula is C19H20NO2Rh+. The quantitative estimate of drug-likeness (QED) is 0.576. The smallest absolute Gasteiger partial charge is 0.457 e. The minimum absolute atomic E-state index is 0. The fraction of sp³-hybridized carbons (Fsp3) is 0.263. The third kappa shape index (κ3) is 4.90.